The van der Waals surface area contributed by atoms with E-state index in [4.69, 9.17) is 0 Å². The van der Waals surface area contributed by atoms with Gasteiger partial charge in [0, 0.05) is 32.9 Å². The van der Waals surface area contributed by atoms with Crippen LogP contribution in [0.5, 0.6) is 0 Å². The normalized spacial score (nSPS) is 11.8. The van der Waals surface area contributed by atoms with E-state index in [2.05, 4.69) is 264 Å². The van der Waals surface area contributed by atoms with Gasteiger partial charge in [-0.15, -0.1) is 0 Å². The van der Waals surface area contributed by atoms with Crippen molar-refractivity contribution in [3.63, 3.8) is 0 Å². The Labute approximate surface area is 368 Å². The van der Waals surface area contributed by atoms with Crippen molar-refractivity contribution in [3.05, 3.63) is 255 Å². The third-order valence-corrected chi connectivity index (χ3v) is 17.8. The largest absolute Gasteiger partial charge is 0.309 e. The Bertz CT molecular complexity index is 3570. The number of benzene rings is 10. The van der Waals surface area contributed by atoms with E-state index in [0.29, 0.717) is 0 Å². The van der Waals surface area contributed by atoms with Crippen molar-refractivity contribution in [1.82, 2.24) is 9.13 Å². The quantitative estimate of drug-likeness (QED) is 0.107. The van der Waals surface area contributed by atoms with Crippen LogP contribution >= 0.6 is 0 Å². The predicted octanol–water partition coefficient (Wildman–Crippen LogP) is 12.6. The predicted molar refractivity (Wildman–Crippen MR) is 270 cm³/mol. The highest BCUT2D eigenvalue weighted by atomic mass is 28.3. The zero-order chi connectivity index (χ0) is 41.7. The Kier molecular flexibility index (Phi) is 8.87. The van der Waals surface area contributed by atoms with Gasteiger partial charge in [-0.1, -0.05) is 212 Å². The summed E-state index contributed by atoms with van der Waals surface area (Å²) in [6.07, 6.45) is 0. The maximum absolute atomic E-state index is 3.00. The molecule has 296 valence electrons. The second-order valence-electron chi connectivity index (χ2n) is 16.5. The molecule has 0 spiro atoms. The Hall–Kier alpha value is -7.98. The number of rotatable bonds is 8. The van der Waals surface area contributed by atoms with Crippen LogP contribution in [0.25, 0.3) is 77.2 Å². The first-order chi connectivity index (χ1) is 31.3. The lowest BCUT2D eigenvalue weighted by atomic mass is 10.1. The van der Waals surface area contributed by atoms with E-state index in [0.717, 1.165) is 11.4 Å². The lowest BCUT2D eigenvalue weighted by Crippen LogP contribution is -2.74. The SMILES string of the molecule is c1ccc(-c2cccc(-n3c4ccccc4c4ccc(-n5c6ccccc6c6c([Si](c7ccccc7)(c7ccccc7)c7cccc(-c8ccccc8)c7)cccc65)cc43)c2)cc1. The van der Waals surface area contributed by atoms with Crippen LogP contribution in [0.1, 0.15) is 0 Å². The summed E-state index contributed by atoms with van der Waals surface area (Å²) in [4.78, 5) is 0. The summed E-state index contributed by atoms with van der Waals surface area (Å²) < 4.78 is 4.95. The van der Waals surface area contributed by atoms with E-state index in [9.17, 15) is 0 Å². The molecule has 12 aromatic rings. The molecule has 3 heteroatoms. The molecule has 0 amide bonds. The van der Waals surface area contributed by atoms with Gasteiger partial charge in [-0.05, 0) is 85.5 Å². The van der Waals surface area contributed by atoms with Gasteiger partial charge in [0.05, 0.1) is 22.1 Å². The molecule has 2 nitrogen and oxygen atoms in total. The van der Waals surface area contributed by atoms with Crippen molar-refractivity contribution in [2.24, 2.45) is 0 Å². The van der Waals surface area contributed by atoms with Crippen LogP contribution in [-0.2, 0) is 0 Å². The van der Waals surface area contributed by atoms with Crippen LogP contribution < -0.4 is 20.7 Å². The van der Waals surface area contributed by atoms with Crippen LogP contribution in [0.2, 0.25) is 0 Å². The molecular formula is C60H42N2Si. The minimum absolute atomic E-state index is 1.13. The van der Waals surface area contributed by atoms with Crippen molar-refractivity contribution < 1.29 is 0 Å². The summed E-state index contributed by atoms with van der Waals surface area (Å²) in [7, 11) is -3.00. The lowest BCUT2D eigenvalue weighted by Gasteiger charge is -2.35. The molecule has 0 unspecified atom stereocenters. The van der Waals surface area contributed by atoms with Gasteiger partial charge in [0.1, 0.15) is 0 Å². The molecule has 0 radical (unpaired) electrons. The van der Waals surface area contributed by atoms with Gasteiger partial charge < -0.3 is 9.13 Å². The number of hydrogen-bond acceptors (Lipinski definition) is 0. The van der Waals surface area contributed by atoms with Crippen molar-refractivity contribution in [2.45, 2.75) is 0 Å². The maximum atomic E-state index is 2.51. The first-order valence-corrected chi connectivity index (χ1v) is 23.8. The third-order valence-electron chi connectivity index (χ3n) is 13.0. The fraction of sp³-hybridized carbons (Fsp3) is 0. The minimum atomic E-state index is -3.00. The second-order valence-corrected chi connectivity index (χ2v) is 20.2. The summed E-state index contributed by atoms with van der Waals surface area (Å²) in [6.45, 7) is 0. The highest BCUT2D eigenvalue weighted by Crippen LogP contribution is 2.38. The van der Waals surface area contributed by atoms with Gasteiger partial charge in [0.25, 0.3) is 0 Å². The monoisotopic (exact) mass is 818 g/mol. The van der Waals surface area contributed by atoms with Crippen LogP contribution in [0.15, 0.2) is 255 Å². The summed E-state index contributed by atoms with van der Waals surface area (Å²) in [5, 5.41) is 10.5. The fourth-order valence-corrected chi connectivity index (χ4v) is 15.4. The zero-order valence-corrected chi connectivity index (χ0v) is 35.6. The van der Waals surface area contributed by atoms with Crippen LogP contribution in [0.3, 0.4) is 0 Å². The third kappa shape index (κ3) is 5.93. The lowest BCUT2D eigenvalue weighted by molar-refractivity contribution is 1.15. The van der Waals surface area contributed by atoms with Gasteiger partial charge in [-0.25, -0.2) is 0 Å². The molecule has 0 atom stereocenters. The molecule has 0 saturated carbocycles. The van der Waals surface area contributed by atoms with Gasteiger partial charge in [-0.2, -0.15) is 0 Å². The zero-order valence-electron chi connectivity index (χ0n) is 34.6. The average Bonchev–Trinajstić information content (AvgIpc) is 3.88. The minimum Gasteiger partial charge on any atom is -0.309 e. The van der Waals surface area contributed by atoms with E-state index in [1.54, 1.807) is 0 Å². The first-order valence-electron chi connectivity index (χ1n) is 21.8. The summed E-state index contributed by atoms with van der Waals surface area (Å²) in [5.74, 6) is 0. The van der Waals surface area contributed by atoms with Crippen LogP contribution in [0.4, 0.5) is 0 Å². The number of nitrogens with zero attached hydrogens (tertiary/aromatic N) is 2. The van der Waals surface area contributed by atoms with Crippen molar-refractivity contribution >= 4 is 72.4 Å². The number of fused-ring (bicyclic) bond motifs is 6. The van der Waals surface area contributed by atoms with Gasteiger partial charge in [0.15, 0.2) is 8.07 Å². The summed E-state index contributed by atoms with van der Waals surface area (Å²) in [5.41, 5.74) is 11.9. The molecule has 0 fully saturated rings. The topological polar surface area (TPSA) is 9.86 Å². The molecule has 0 bridgehead atoms. The molecule has 0 aliphatic heterocycles. The van der Waals surface area contributed by atoms with Crippen LogP contribution in [-0.4, -0.2) is 17.2 Å². The molecule has 0 aliphatic rings. The Balaban J connectivity index is 1.15. The second kappa shape index (κ2) is 15.2. The molecule has 0 saturated heterocycles. The highest BCUT2D eigenvalue weighted by molar-refractivity contribution is 7.20. The molecule has 10 aromatic carbocycles. The van der Waals surface area contributed by atoms with Crippen molar-refractivity contribution in [1.29, 1.82) is 0 Å². The van der Waals surface area contributed by atoms with Gasteiger partial charge in [0.2, 0.25) is 0 Å². The first kappa shape index (κ1) is 36.8. The molecule has 63 heavy (non-hydrogen) atoms. The number of hydrogen-bond donors (Lipinski definition) is 0. The summed E-state index contributed by atoms with van der Waals surface area (Å²) >= 11 is 0. The maximum Gasteiger partial charge on any atom is 0.180 e. The Morgan fingerprint density at radius 2 is 0.698 bits per heavy atom. The van der Waals surface area contributed by atoms with Crippen LogP contribution in [0, 0.1) is 0 Å². The van der Waals surface area contributed by atoms with Crippen molar-refractivity contribution in [2.75, 3.05) is 0 Å². The number of aromatic nitrogens is 2. The van der Waals surface area contributed by atoms with Crippen molar-refractivity contribution in [3.8, 4) is 33.6 Å². The average molecular weight is 819 g/mol. The number of para-hydroxylation sites is 2. The summed E-state index contributed by atoms with van der Waals surface area (Å²) in [6, 6.07) is 94.4. The molecular weight excluding hydrogens is 777 g/mol. The van der Waals surface area contributed by atoms with E-state index in [1.807, 2.05) is 0 Å². The molecule has 2 aromatic heterocycles. The standard InChI is InChI=1S/C60H42N2Si/c1-5-20-43(21-6-1)45-24-17-26-47(40-45)62-55-34-15-13-32-52(55)53-39-38-48(42-58(53)62)61-56-35-16-14-33-54(56)60-57(61)36-19-37-59(60)63(49-27-9-3-10-28-49,50-29-11-4-12-30-50)51-31-18-25-46(41-51)44-22-7-2-8-23-44/h1-42H. The van der Waals surface area contributed by atoms with Gasteiger partial charge in [-0.3, -0.25) is 0 Å². The fourth-order valence-electron chi connectivity index (χ4n) is 10.3. The van der Waals surface area contributed by atoms with E-state index >= 15 is 0 Å². The molecule has 0 aliphatic carbocycles. The smallest absolute Gasteiger partial charge is 0.180 e. The van der Waals surface area contributed by atoms with E-state index in [1.165, 1.54) is 86.6 Å². The molecule has 0 N–H and O–H groups in total. The van der Waals surface area contributed by atoms with E-state index < -0.39 is 8.07 Å². The molecule has 2 heterocycles. The van der Waals surface area contributed by atoms with Gasteiger partial charge >= 0.3 is 0 Å². The Morgan fingerprint density at radius 1 is 0.254 bits per heavy atom. The highest BCUT2D eigenvalue weighted by Gasteiger charge is 2.43. The Morgan fingerprint density at radius 3 is 1.37 bits per heavy atom. The van der Waals surface area contributed by atoms with E-state index in [-0.39, 0.29) is 0 Å². The molecule has 12 rings (SSSR count).